The molecule has 2 aliphatic rings. The lowest BCUT2D eigenvalue weighted by molar-refractivity contribution is -0.132. The van der Waals surface area contributed by atoms with Crippen molar-refractivity contribution in [3.63, 3.8) is 0 Å². The van der Waals surface area contributed by atoms with Crippen molar-refractivity contribution in [3.05, 3.63) is 22.3 Å². The van der Waals surface area contributed by atoms with Gasteiger partial charge < -0.3 is 14.7 Å². The van der Waals surface area contributed by atoms with Gasteiger partial charge in [-0.2, -0.15) is 0 Å². The fourth-order valence-electron chi connectivity index (χ4n) is 3.53. The summed E-state index contributed by atoms with van der Waals surface area (Å²) in [6, 6.07) is 0. The summed E-state index contributed by atoms with van der Waals surface area (Å²) < 4.78 is 5.54. The molecule has 0 aromatic rings. The van der Waals surface area contributed by atoms with E-state index in [1.807, 2.05) is 6.92 Å². The molecule has 27 heavy (non-hydrogen) atoms. The van der Waals surface area contributed by atoms with Crippen LogP contribution in [0.2, 0.25) is 0 Å². The van der Waals surface area contributed by atoms with Gasteiger partial charge in [-0.3, -0.25) is 4.90 Å². The van der Waals surface area contributed by atoms with Crippen LogP contribution in [0.1, 0.15) is 48.0 Å². The first-order valence-corrected chi connectivity index (χ1v) is 11.0. The van der Waals surface area contributed by atoms with Gasteiger partial charge in [-0.1, -0.05) is 34.6 Å². The highest BCUT2D eigenvalue weighted by Crippen LogP contribution is 2.37. The molecular formula is C21H36N2O3S. The Labute approximate surface area is 168 Å². The van der Waals surface area contributed by atoms with Crippen molar-refractivity contribution in [2.75, 3.05) is 38.6 Å². The molecule has 5 nitrogen and oxygen atoms in total. The van der Waals surface area contributed by atoms with E-state index in [0.29, 0.717) is 11.5 Å². The van der Waals surface area contributed by atoms with Crippen LogP contribution in [0.3, 0.4) is 0 Å². The van der Waals surface area contributed by atoms with E-state index >= 15 is 0 Å². The quantitative estimate of drug-likeness (QED) is 0.701. The molecule has 2 heterocycles. The predicted molar refractivity (Wildman–Crippen MR) is 113 cm³/mol. The molecule has 1 fully saturated rings. The second-order valence-electron chi connectivity index (χ2n) is 8.58. The Bertz CT molecular complexity index is 589. The predicted octanol–water partition coefficient (Wildman–Crippen LogP) is 4.03. The maximum absolute atomic E-state index is 12.0. The molecule has 0 radical (unpaired) electrons. The fraction of sp³-hybridized carbons (Fsp3) is 0.762. The van der Waals surface area contributed by atoms with Crippen LogP contribution in [0.5, 0.6) is 0 Å². The molecule has 2 atom stereocenters. The van der Waals surface area contributed by atoms with Crippen LogP contribution in [-0.4, -0.2) is 65.6 Å². The summed E-state index contributed by atoms with van der Waals surface area (Å²) >= 11 is 1.65. The molecule has 6 heteroatoms. The lowest BCUT2D eigenvalue weighted by atomic mass is 9.80. The Morgan fingerprint density at radius 3 is 2.52 bits per heavy atom. The summed E-state index contributed by atoms with van der Waals surface area (Å²) in [5.74, 6) is 0.589. The largest absolute Gasteiger partial charge is 0.478 e. The van der Waals surface area contributed by atoms with Crippen molar-refractivity contribution in [2.24, 2.45) is 11.3 Å². The summed E-state index contributed by atoms with van der Waals surface area (Å²) in [5, 5.41) is 10.8. The number of carbonyl (C=O) groups is 1. The first kappa shape index (κ1) is 22.3. The van der Waals surface area contributed by atoms with Gasteiger partial charge >= 0.3 is 5.97 Å². The Hall–Kier alpha value is -0.980. The van der Waals surface area contributed by atoms with E-state index in [-0.39, 0.29) is 11.6 Å². The van der Waals surface area contributed by atoms with Crippen molar-refractivity contribution in [1.82, 2.24) is 9.80 Å². The van der Waals surface area contributed by atoms with Gasteiger partial charge in [-0.05, 0) is 42.1 Å². The molecule has 0 aromatic carbocycles. The van der Waals surface area contributed by atoms with E-state index in [1.54, 1.807) is 11.8 Å². The lowest BCUT2D eigenvalue weighted by Gasteiger charge is -2.45. The fourth-order valence-corrected chi connectivity index (χ4v) is 4.56. The summed E-state index contributed by atoms with van der Waals surface area (Å²) in [6.07, 6.45) is 3.28. The smallest absolute Gasteiger partial charge is 0.338 e. The highest BCUT2D eigenvalue weighted by atomic mass is 32.2. The van der Waals surface area contributed by atoms with Crippen LogP contribution < -0.4 is 0 Å². The lowest BCUT2D eigenvalue weighted by Crippen LogP contribution is -2.53. The van der Waals surface area contributed by atoms with E-state index in [4.69, 9.17) is 4.74 Å². The average Bonchev–Trinajstić information content (AvgIpc) is 2.60. The number of rotatable bonds is 7. The Morgan fingerprint density at radius 2 is 2.00 bits per heavy atom. The Kier molecular flexibility index (Phi) is 7.83. The summed E-state index contributed by atoms with van der Waals surface area (Å²) in [4.78, 5) is 16.8. The number of hydrogen-bond acceptors (Lipinski definition) is 5. The molecular weight excluding hydrogens is 360 g/mol. The zero-order valence-corrected chi connectivity index (χ0v) is 18.6. The standard InChI is InChI=1S/C21H36N2O3S/c1-7-27-19-18(20(24)25)15(2)14-17(22-10-12-26-13-11-22)23(19)9-8-16(3)21(4,5)6/h14,16-17H,7-13H2,1-6H3,(H,24,25). The molecule has 154 valence electrons. The van der Waals surface area contributed by atoms with Crippen molar-refractivity contribution in [3.8, 4) is 0 Å². The SMILES string of the molecule is CCSC1=C(C(=O)O)C(C)=CC(N2CCOCC2)N1CCC(C)C(C)(C)C. The van der Waals surface area contributed by atoms with Gasteiger partial charge in [0.05, 0.1) is 23.8 Å². The summed E-state index contributed by atoms with van der Waals surface area (Å²) in [7, 11) is 0. The average molecular weight is 397 g/mol. The minimum atomic E-state index is -0.825. The Morgan fingerprint density at radius 1 is 1.37 bits per heavy atom. The minimum absolute atomic E-state index is 0.109. The van der Waals surface area contributed by atoms with Crippen LogP contribution in [0.15, 0.2) is 22.3 Å². The molecule has 0 saturated carbocycles. The van der Waals surface area contributed by atoms with Crippen molar-refractivity contribution in [2.45, 2.75) is 54.1 Å². The first-order chi connectivity index (χ1) is 12.7. The van der Waals surface area contributed by atoms with Crippen LogP contribution in [0, 0.1) is 11.3 Å². The number of ether oxygens (including phenoxy) is 1. The number of aliphatic carboxylic acids is 1. The maximum Gasteiger partial charge on any atom is 0.338 e. The zero-order chi connectivity index (χ0) is 20.2. The van der Waals surface area contributed by atoms with E-state index in [9.17, 15) is 9.90 Å². The van der Waals surface area contributed by atoms with Gasteiger partial charge in [0.2, 0.25) is 0 Å². The van der Waals surface area contributed by atoms with Gasteiger partial charge in [0.25, 0.3) is 0 Å². The normalized spacial score (nSPS) is 23.4. The topological polar surface area (TPSA) is 53.0 Å². The number of morpholine rings is 1. The van der Waals surface area contributed by atoms with Crippen LogP contribution >= 0.6 is 11.8 Å². The third-order valence-electron chi connectivity index (χ3n) is 5.78. The van der Waals surface area contributed by atoms with Gasteiger partial charge in [0.15, 0.2) is 0 Å². The monoisotopic (exact) mass is 396 g/mol. The molecule has 1 saturated heterocycles. The molecule has 2 aliphatic heterocycles. The summed E-state index contributed by atoms with van der Waals surface area (Å²) in [5.41, 5.74) is 1.58. The van der Waals surface area contributed by atoms with Crippen LogP contribution in [0.25, 0.3) is 0 Å². The van der Waals surface area contributed by atoms with E-state index in [0.717, 1.165) is 55.6 Å². The second-order valence-corrected chi connectivity index (χ2v) is 9.83. The van der Waals surface area contributed by atoms with E-state index in [2.05, 4.69) is 50.5 Å². The number of hydrogen-bond donors (Lipinski definition) is 1. The highest BCUT2D eigenvalue weighted by molar-refractivity contribution is 8.03. The molecule has 0 spiro atoms. The molecule has 2 unspecified atom stereocenters. The molecule has 0 amide bonds. The minimum Gasteiger partial charge on any atom is -0.478 e. The molecule has 0 aliphatic carbocycles. The molecule has 0 aromatic heterocycles. The summed E-state index contributed by atoms with van der Waals surface area (Å²) in [6.45, 7) is 17.2. The van der Waals surface area contributed by atoms with E-state index < -0.39 is 5.97 Å². The molecule has 1 N–H and O–H groups in total. The van der Waals surface area contributed by atoms with Crippen molar-refractivity contribution >= 4 is 17.7 Å². The molecule has 0 bridgehead atoms. The molecule has 2 rings (SSSR count). The number of carboxylic acids is 1. The Balaban J connectivity index is 2.35. The number of carboxylic acid groups (broad SMARTS) is 1. The van der Waals surface area contributed by atoms with Crippen LogP contribution in [0.4, 0.5) is 0 Å². The van der Waals surface area contributed by atoms with Gasteiger partial charge in [0.1, 0.15) is 6.17 Å². The van der Waals surface area contributed by atoms with E-state index in [1.165, 1.54) is 0 Å². The van der Waals surface area contributed by atoms with Crippen molar-refractivity contribution < 1.29 is 14.6 Å². The number of nitrogens with zero attached hydrogens (tertiary/aromatic N) is 2. The number of thioether (sulfide) groups is 1. The highest BCUT2D eigenvalue weighted by Gasteiger charge is 2.35. The van der Waals surface area contributed by atoms with Gasteiger partial charge in [0, 0.05) is 19.6 Å². The second kappa shape index (κ2) is 9.48. The van der Waals surface area contributed by atoms with Gasteiger partial charge in [-0.15, -0.1) is 11.8 Å². The maximum atomic E-state index is 12.0. The first-order valence-electron chi connectivity index (χ1n) is 10.0. The van der Waals surface area contributed by atoms with Crippen LogP contribution in [-0.2, 0) is 9.53 Å². The third kappa shape index (κ3) is 5.52. The third-order valence-corrected chi connectivity index (χ3v) is 6.78. The van der Waals surface area contributed by atoms with Crippen molar-refractivity contribution in [1.29, 1.82) is 0 Å². The van der Waals surface area contributed by atoms with Gasteiger partial charge in [-0.25, -0.2) is 4.79 Å². The zero-order valence-electron chi connectivity index (χ0n) is 17.7.